The van der Waals surface area contributed by atoms with Gasteiger partial charge in [-0.05, 0) is 18.1 Å². The molecule has 1 aliphatic rings. The minimum Gasteiger partial charge on any atom is -0.344 e. The summed E-state index contributed by atoms with van der Waals surface area (Å²) >= 11 is 0. The number of anilines is 1. The molecule has 0 aliphatic carbocycles. The third-order valence-corrected chi connectivity index (χ3v) is 2.88. The fraction of sp³-hybridized carbons (Fsp3) is 0.286. The van der Waals surface area contributed by atoms with Gasteiger partial charge in [-0.15, -0.1) is 6.42 Å². The molecule has 0 unspecified atom stereocenters. The van der Waals surface area contributed by atoms with Crippen molar-refractivity contribution in [2.45, 2.75) is 12.8 Å². The number of aryl methyl sites for hydroxylation is 1. The van der Waals surface area contributed by atoms with Crippen molar-refractivity contribution < 1.29 is 9.59 Å². The fourth-order valence-electron chi connectivity index (χ4n) is 2.02. The van der Waals surface area contributed by atoms with Crippen LogP contribution in [0.3, 0.4) is 0 Å². The lowest BCUT2D eigenvalue weighted by Crippen LogP contribution is -2.43. The van der Waals surface area contributed by atoms with Crippen molar-refractivity contribution in [2.24, 2.45) is 0 Å². The summed E-state index contributed by atoms with van der Waals surface area (Å²) in [4.78, 5) is 25.0. The summed E-state index contributed by atoms with van der Waals surface area (Å²) in [6, 6.07) is 7.64. The molecule has 0 saturated heterocycles. The number of terminal acetylenes is 1. The molecule has 92 valence electrons. The Morgan fingerprint density at radius 3 is 2.94 bits per heavy atom. The Morgan fingerprint density at radius 1 is 1.39 bits per heavy atom. The number of carbonyl (C=O) groups excluding carboxylic acids is 2. The predicted molar refractivity (Wildman–Crippen MR) is 69.0 cm³/mol. The third kappa shape index (κ3) is 2.51. The largest absolute Gasteiger partial charge is 0.344 e. The zero-order valence-electron chi connectivity index (χ0n) is 9.98. The van der Waals surface area contributed by atoms with Crippen LogP contribution in [0.25, 0.3) is 0 Å². The maximum absolute atomic E-state index is 11.9. The lowest BCUT2D eigenvalue weighted by molar-refractivity contribution is -0.123. The number of amides is 2. The van der Waals surface area contributed by atoms with E-state index in [9.17, 15) is 9.59 Å². The van der Waals surface area contributed by atoms with Crippen molar-refractivity contribution in [2.75, 3.05) is 18.0 Å². The van der Waals surface area contributed by atoms with Crippen LogP contribution in [-0.4, -0.2) is 24.9 Å². The molecule has 0 fully saturated rings. The lowest BCUT2D eigenvalue weighted by Gasteiger charge is -2.28. The highest BCUT2D eigenvalue weighted by atomic mass is 16.2. The van der Waals surface area contributed by atoms with Gasteiger partial charge in [-0.2, -0.15) is 0 Å². The van der Waals surface area contributed by atoms with Gasteiger partial charge in [-0.1, -0.05) is 24.1 Å². The van der Waals surface area contributed by atoms with E-state index < -0.39 is 0 Å². The molecule has 0 atom stereocenters. The maximum atomic E-state index is 11.9. The highest BCUT2D eigenvalue weighted by molar-refractivity contribution is 6.01. The van der Waals surface area contributed by atoms with Crippen LogP contribution in [0.1, 0.15) is 12.0 Å². The quantitative estimate of drug-likeness (QED) is 0.794. The van der Waals surface area contributed by atoms with Crippen LogP contribution >= 0.6 is 0 Å². The van der Waals surface area contributed by atoms with Crippen molar-refractivity contribution in [1.29, 1.82) is 0 Å². The standard InChI is InChI=1S/C14H14N2O2/c1-2-9-15-13(17)10-16-12-6-4-3-5-11(12)7-8-14(16)18/h1,3-6H,7-10H2,(H,15,17). The molecule has 4 heteroatoms. The molecule has 0 aromatic heterocycles. The highest BCUT2D eigenvalue weighted by Gasteiger charge is 2.25. The van der Waals surface area contributed by atoms with Gasteiger partial charge >= 0.3 is 0 Å². The summed E-state index contributed by atoms with van der Waals surface area (Å²) in [7, 11) is 0. The van der Waals surface area contributed by atoms with E-state index in [0.717, 1.165) is 17.7 Å². The summed E-state index contributed by atoms with van der Waals surface area (Å²) in [5.41, 5.74) is 1.92. The first-order valence-corrected chi connectivity index (χ1v) is 5.81. The summed E-state index contributed by atoms with van der Waals surface area (Å²) in [5.74, 6) is 2.07. The van der Waals surface area contributed by atoms with Crippen molar-refractivity contribution in [3.63, 3.8) is 0 Å². The van der Waals surface area contributed by atoms with Gasteiger partial charge in [0, 0.05) is 12.1 Å². The second-order valence-electron chi connectivity index (χ2n) is 4.09. The van der Waals surface area contributed by atoms with Crippen molar-refractivity contribution in [1.82, 2.24) is 5.32 Å². The van der Waals surface area contributed by atoms with E-state index in [-0.39, 0.29) is 24.9 Å². The van der Waals surface area contributed by atoms with E-state index >= 15 is 0 Å². The van der Waals surface area contributed by atoms with Gasteiger partial charge in [-0.3, -0.25) is 9.59 Å². The molecule has 2 rings (SSSR count). The number of para-hydroxylation sites is 1. The Bertz CT molecular complexity index is 517. The predicted octanol–water partition coefficient (Wildman–Crippen LogP) is 0.715. The summed E-state index contributed by atoms with van der Waals surface area (Å²) in [6.07, 6.45) is 6.25. The number of fused-ring (bicyclic) bond motifs is 1. The van der Waals surface area contributed by atoms with Crippen molar-refractivity contribution >= 4 is 17.5 Å². The molecular formula is C14H14N2O2. The summed E-state index contributed by atoms with van der Waals surface area (Å²) in [6.45, 7) is 0.208. The molecule has 18 heavy (non-hydrogen) atoms. The normalized spacial score (nSPS) is 13.7. The van der Waals surface area contributed by atoms with Crippen LogP contribution in [0.4, 0.5) is 5.69 Å². The van der Waals surface area contributed by atoms with E-state index in [1.807, 2.05) is 24.3 Å². The molecular weight excluding hydrogens is 228 g/mol. The van der Waals surface area contributed by atoms with Crippen molar-refractivity contribution in [3.05, 3.63) is 29.8 Å². The van der Waals surface area contributed by atoms with Crippen LogP contribution in [0.5, 0.6) is 0 Å². The third-order valence-electron chi connectivity index (χ3n) is 2.88. The number of carbonyl (C=O) groups is 2. The van der Waals surface area contributed by atoms with Gasteiger partial charge in [0.2, 0.25) is 11.8 Å². The van der Waals surface area contributed by atoms with Gasteiger partial charge in [0.15, 0.2) is 0 Å². The average Bonchev–Trinajstić information content (AvgIpc) is 2.40. The number of rotatable bonds is 3. The lowest BCUT2D eigenvalue weighted by atomic mass is 10.0. The number of nitrogens with zero attached hydrogens (tertiary/aromatic N) is 1. The summed E-state index contributed by atoms with van der Waals surface area (Å²) in [5, 5.41) is 2.56. The number of hydrogen-bond donors (Lipinski definition) is 1. The minimum atomic E-state index is -0.238. The zero-order chi connectivity index (χ0) is 13.0. The fourth-order valence-corrected chi connectivity index (χ4v) is 2.02. The second kappa shape index (κ2) is 5.37. The number of hydrogen-bond acceptors (Lipinski definition) is 2. The molecule has 1 aromatic rings. The average molecular weight is 242 g/mol. The van der Waals surface area contributed by atoms with Gasteiger partial charge in [0.1, 0.15) is 6.54 Å². The van der Waals surface area contributed by atoms with E-state index in [0.29, 0.717) is 6.42 Å². The molecule has 0 spiro atoms. The Morgan fingerprint density at radius 2 is 2.17 bits per heavy atom. The Labute approximate surface area is 106 Å². The van der Waals surface area contributed by atoms with Gasteiger partial charge in [0.25, 0.3) is 0 Å². The molecule has 0 bridgehead atoms. The topological polar surface area (TPSA) is 49.4 Å². The second-order valence-corrected chi connectivity index (χ2v) is 4.09. The van der Waals surface area contributed by atoms with E-state index in [1.54, 1.807) is 0 Å². The number of nitrogens with one attached hydrogen (secondary N) is 1. The van der Waals surface area contributed by atoms with Crippen LogP contribution in [0, 0.1) is 12.3 Å². The van der Waals surface area contributed by atoms with Crippen LogP contribution in [0.2, 0.25) is 0 Å². The minimum absolute atomic E-state index is 0.0236. The molecule has 1 aromatic carbocycles. The highest BCUT2D eigenvalue weighted by Crippen LogP contribution is 2.26. The van der Waals surface area contributed by atoms with Crippen LogP contribution in [-0.2, 0) is 16.0 Å². The monoisotopic (exact) mass is 242 g/mol. The Balaban J connectivity index is 2.15. The first-order chi connectivity index (χ1) is 8.72. The zero-order valence-corrected chi connectivity index (χ0v) is 9.98. The van der Waals surface area contributed by atoms with E-state index in [1.165, 1.54) is 4.90 Å². The SMILES string of the molecule is C#CCNC(=O)CN1C(=O)CCc2ccccc21. The van der Waals surface area contributed by atoms with Gasteiger partial charge in [0.05, 0.1) is 6.54 Å². The first kappa shape index (κ1) is 12.2. The molecule has 1 heterocycles. The van der Waals surface area contributed by atoms with Crippen LogP contribution in [0.15, 0.2) is 24.3 Å². The smallest absolute Gasteiger partial charge is 0.240 e. The van der Waals surface area contributed by atoms with Gasteiger partial charge in [-0.25, -0.2) is 0 Å². The number of benzene rings is 1. The van der Waals surface area contributed by atoms with Crippen LogP contribution < -0.4 is 10.2 Å². The van der Waals surface area contributed by atoms with Gasteiger partial charge < -0.3 is 10.2 Å². The summed E-state index contributed by atoms with van der Waals surface area (Å²) < 4.78 is 0. The molecule has 4 nitrogen and oxygen atoms in total. The molecule has 0 saturated carbocycles. The van der Waals surface area contributed by atoms with Crippen molar-refractivity contribution in [3.8, 4) is 12.3 Å². The van der Waals surface area contributed by atoms with E-state index in [2.05, 4.69) is 11.2 Å². The molecule has 0 radical (unpaired) electrons. The molecule has 1 N–H and O–H groups in total. The maximum Gasteiger partial charge on any atom is 0.240 e. The Hall–Kier alpha value is -2.28. The molecule has 2 amide bonds. The Kier molecular flexibility index (Phi) is 3.63. The first-order valence-electron chi connectivity index (χ1n) is 5.81. The molecule has 1 aliphatic heterocycles. The van der Waals surface area contributed by atoms with E-state index in [4.69, 9.17) is 6.42 Å².